The lowest BCUT2D eigenvalue weighted by atomic mass is 9.76. The zero-order valence-corrected chi connectivity index (χ0v) is 11.8. The lowest BCUT2D eigenvalue weighted by Gasteiger charge is -2.37. The molecule has 4 heteroatoms. The predicted molar refractivity (Wildman–Crippen MR) is 78.7 cm³/mol. The van der Waals surface area contributed by atoms with Gasteiger partial charge in [-0.25, -0.2) is 8.78 Å². The van der Waals surface area contributed by atoms with Crippen molar-refractivity contribution in [3.63, 3.8) is 0 Å². The largest absolute Gasteiger partial charge is 0.494 e. The highest BCUT2D eigenvalue weighted by molar-refractivity contribution is 5.57. The Morgan fingerprint density at radius 3 is 2.33 bits per heavy atom. The van der Waals surface area contributed by atoms with Crippen molar-refractivity contribution in [2.45, 2.75) is 24.8 Å². The molecule has 1 aliphatic rings. The highest BCUT2D eigenvalue weighted by Gasteiger charge is 2.30. The van der Waals surface area contributed by atoms with E-state index >= 15 is 0 Å². The second-order valence-corrected chi connectivity index (χ2v) is 5.41. The van der Waals surface area contributed by atoms with Gasteiger partial charge < -0.3 is 10.1 Å². The molecule has 0 aromatic heterocycles. The van der Waals surface area contributed by atoms with Gasteiger partial charge in [0.2, 0.25) is 0 Å². The summed E-state index contributed by atoms with van der Waals surface area (Å²) in [5.74, 6) is 0.453. The molecule has 3 rings (SSSR count). The van der Waals surface area contributed by atoms with Crippen molar-refractivity contribution in [1.29, 1.82) is 0 Å². The van der Waals surface area contributed by atoms with E-state index < -0.39 is 0 Å². The molecule has 110 valence electrons. The molecule has 1 fully saturated rings. The SMILES string of the molecule is COc1cc(F)ccc1NC1CC(c2ccc(F)cc2)C1. The Kier molecular flexibility index (Phi) is 3.78. The van der Waals surface area contributed by atoms with Crippen molar-refractivity contribution in [3.8, 4) is 5.75 Å². The molecule has 1 saturated carbocycles. The van der Waals surface area contributed by atoms with Crippen LogP contribution in [0.4, 0.5) is 14.5 Å². The van der Waals surface area contributed by atoms with E-state index in [0.29, 0.717) is 17.7 Å². The average Bonchev–Trinajstić information content (AvgIpc) is 2.45. The van der Waals surface area contributed by atoms with Crippen LogP contribution in [0.5, 0.6) is 5.75 Å². The van der Waals surface area contributed by atoms with Crippen LogP contribution in [-0.4, -0.2) is 13.2 Å². The number of methoxy groups -OCH3 is 1. The molecule has 21 heavy (non-hydrogen) atoms. The lowest BCUT2D eigenvalue weighted by Crippen LogP contribution is -2.34. The summed E-state index contributed by atoms with van der Waals surface area (Å²) < 4.78 is 31.2. The molecule has 0 unspecified atom stereocenters. The van der Waals surface area contributed by atoms with Crippen molar-refractivity contribution in [2.75, 3.05) is 12.4 Å². The van der Waals surface area contributed by atoms with Crippen LogP contribution in [0.2, 0.25) is 0 Å². The second-order valence-electron chi connectivity index (χ2n) is 5.41. The topological polar surface area (TPSA) is 21.3 Å². The number of hydrogen-bond acceptors (Lipinski definition) is 2. The fourth-order valence-corrected chi connectivity index (χ4v) is 2.75. The molecule has 0 amide bonds. The normalized spacial score (nSPS) is 20.7. The minimum Gasteiger partial charge on any atom is -0.494 e. The molecular formula is C17H17F2NO. The summed E-state index contributed by atoms with van der Waals surface area (Å²) in [7, 11) is 1.53. The molecule has 2 aromatic rings. The summed E-state index contributed by atoms with van der Waals surface area (Å²) in [6, 6.07) is 11.5. The average molecular weight is 289 g/mol. The molecule has 0 saturated heterocycles. The quantitative estimate of drug-likeness (QED) is 0.904. The minimum absolute atomic E-state index is 0.205. The molecular weight excluding hydrogens is 272 g/mol. The van der Waals surface area contributed by atoms with Crippen molar-refractivity contribution in [2.24, 2.45) is 0 Å². The van der Waals surface area contributed by atoms with Gasteiger partial charge in [-0.3, -0.25) is 0 Å². The van der Waals surface area contributed by atoms with Crippen molar-refractivity contribution < 1.29 is 13.5 Å². The number of rotatable bonds is 4. The Morgan fingerprint density at radius 1 is 1.00 bits per heavy atom. The molecule has 0 atom stereocenters. The molecule has 2 aromatic carbocycles. The second kappa shape index (κ2) is 5.72. The molecule has 1 N–H and O–H groups in total. The smallest absolute Gasteiger partial charge is 0.144 e. The highest BCUT2D eigenvalue weighted by atomic mass is 19.1. The van der Waals surface area contributed by atoms with Crippen molar-refractivity contribution in [1.82, 2.24) is 0 Å². The summed E-state index contributed by atoms with van der Waals surface area (Å²) >= 11 is 0. The van der Waals surface area contributed by atoms with E-state index in [4.69, 9.17) is 4.74 Å². The van der Waals surface area contributed by atoms with Crippen LogP contribution in [0.25, 0.3) is 0 Å². The number of halogens is 2. The summed E-state index contributed by atoms with van der Waals surface area (Å²) in [4.78, 5) is 0. The predicted octanol–water partition coefficient (Wildman–Crippen LogP) is 4.33. The van der Waals surface area contributed by atoms with Gasteiger partial charge in [0.25, 0.3) is 0 Å². The van der Waals surface area contributed by atoms with Crippen LogP contribution in [0.15, 0.2) is 42.5 Å². The zero-order chi connectivity index (χ0) is 14.8. The highest BCUT2D eigenvalue weighted by Crippen LogP contribution is 2.39. The molecule has 0 heterocycles. The van der Waals surface area contributed by atoms with Crippen LogP contribution < -0.4 is 10.1 Å². The van der Waals surface area contributed by atoms with Gasteiger partial charge in [-0.1, -0.05) is 12.1 Å². The third kappa shape index (κ3) is 2.99. The Hall–Kier alpha value is -2.10. The maximum Gasteiger partial charge on any atom is 0.144 e. The van der Waals surface area contributed by atoms with Gasteiger partial charge in [0, 0.05) is 12.1 Å². The third-order valence-electron chi connectivity index (χ3n) is 4.00. The minimum atomic E-state index is -0.310. The molecule has 0 spiro atoms. The van der Waals surface area contributed by atoms with E-state index in [1.54, 1.807) is 6.07 Å². The maximum atomic E-state index is 13.1. The monoisotopic (exact) mass is 289 g/mol. The van der Waals surface area contributed by atoms with E-state index in [1.165, 1.54) is 36.9 Å². The zero-order valence-electron chi connectivity index (χ0n) is 11.8. The first-order chi connectivity index (χ1) is 10.2. The molecule has 0 bridgehead atoms. The Bertz CT molecular complexity index is 621. The van der Waals surface area contributed by atoms with Gasteiger partial charge in [-0.05, 0) is 48.6 Å². The third-order valence-corrected chi connectivity index (χ3v) is 4.00. The van der Waals surface area contributed by atoms with Crippen molar-refractivity contribution in [3.05, 3.63) is 59.7 Å². The van der Waals surface area contributed by atoms with Crippen LogP contribution in [0, 0.1) is 11.6 Å². The van der Waals surface area contributed by atoms with Gasteiger partial charge in [0.15, 0.2) is 0 Å². The van der Waals surface area contributed by atoms with Crippen LogP contribution in [0.3, 0.4) is 0 Å². The van der Waals surface area contributed by atoms with Gasteiger partial charge in [-0.15, -0.1) is 0 Å². The molecule has 1 aliphatic carbocycles. The van der Waals surface area contributed by atoms with Gasteiger partial charge in [-0.2, -0.15) is 0 Å². The standard InChI is InChI=1S/C17H17F2NO/c1-21-17-10-14(19)6-7-16(17)20-15-8-12(9-15)11-2-4-13(18)5-3-11/h2-7,10,12,15,20H,8-9H2,1H3. The molecule has 2 nitrogen and oxygen atoms in total. The number of anilines is 1. The first kappa shape index (κ1) is 13.9. The van der Waals surface area contributed by atoms with Gasteiger partial charge >= 0.3 is 0 Å². The number of ether oxygens (including phenoxy) is 1. The van der Waals surface area contributed by atoms with Crippen LogP contribution in [-0.2, 0) is 0 Å². The fourth-order valence-electron chi connectivity index (χ4n) is 2.75. The maximum absolute atomic E-state index is 13.1. The fraction of sp³-hybridized carbons (Fsp3) is 0.294. The summed E-state index contributed by atoms with van der Waals surface area (Å²) in [6.07, 6.45) is 1.96. The van der Waals surface area contributed by atoms with E-state index in [-0.39, 0.29) is 11.6 Å². The van der Waals surface area contributed by atoms with Gasteiger partial charge in [0.05, 0.1) is 12.8 Å². The summed E-state index contributed by atoms with van der Waals surface area (Å²) in [6.45, 7) is 0. The molecule has 0 aliphatic heterocycles. The number of benzene rings is 2. The van der Waals surface area contributed by atoms with Crippen LogP contribution >= 0.6 is 0 Å². The lowest BCUT2D eigenvalue weighted by molar-refractivity contribution is 0.369. The Labute approximate surface area is 122 Å². The Morgan fingerprint density at radius 2 is 1.67 bits per heavy atom. The molecule has 0 radical (unpaired) electrons. The number of nitrogens with one attached hydrogen (secondary N) is 1. The van der Waals surface area contributed by atoms with E-state index in [9.17, 15) is 8.78 Å². The first-order valence-electron chi connectivity index (χ1n) is 7.01. The van der Waals surface area contributed by atoms with Crippen LogP contribution in [0.1, 0.15) is 24.3 Å². The van der Waals surface area contributed by atoms with Crippen molar-refractivity contribution >= 4 is 5.69 Å². The summed E-state index contributed by atoms with van der Waals surface area (Å²) in [5.41, 5.74) is 1.97. The number of hydrogen-bond donors (Lipinski definition) is 1. The first-order valence-corrected chi connectivity index (χ1v) is 7.01. The van der Waals surface area contributed by atoms with E-state index in [0.717, 1.165) is 18.5 Å². The summed E-state index contributed by atoms with van der Waals surface area (Å²) in [5, 5.41) is 3.37. The van der Waals surface area contributed by atoms with Gasteiger partial charge in [0.1, 0.15) is 17.4 Å². The Balaban J connectivity index is 1.61. The van der Waals surface area contributed by atoms with E-state index in [2.05, 4.69) is 5.32 Å². The van der Waals surface area contributed by atoms with E-state index in [1.807, 2.05) is 12.1 Å².